The number of rotatable bonds is 6. The summed E-state index contributed by atoms with van der Waals surface area (Å²) in [6.45, 7) is 0.936. The average Bonchev–Trinajstić information content (AvgIpc) is 2.86. The Hall–Kier alpha value is -4.01. The van der Waals surface area contributed by atoms with Crippen LogP contribution in [0, 0.1) is 11.6 Å². The quantitative estimate of drug-likeness (QED) is 0.278. The summed E-state index contributed by atoms with van der Waals surface area (Å²) in [5.41, 5.74) is -0.637. The minimum absolute atomic E-state index is 0.0137. The molecule has 4 rings (SSSR count). The third kappa shape index (κ3) is 5.71. The van der Waals surface area contributed by atoms with E-state index in [0.717, 1.165) is 17.0 Å². The second-order valence-electron chi connectivity index (χ2n) is 8.62. The summed E-state index contributed by atoms with van der Waals surface area (Å²) in [5, 5.41) is 0. The Labute approximate surface area is 210 Å². The Morgan fingerprint density at radius 2 is 1.68 bits per heavy atom. The van der Waals surface area contributed by atoms with Crippen molar-refractivity contribution < 1.29 is 36.3 Å². The summed E-state index contributed by atoms with van der Waals surface area (Å²) in [7, 11) is 0. The van der Waals surface area contributed by atoms with Crippen LogP contribution in [0.25, 0.3) is 0 Å². The normalized spacial score (nSPS) is 16.2. The number of hydrogen-bond donors (Lipinski definition) is 0. The van der Waals surface area contributed by atoms with Crippen molar-refractivity contribution in [3.8, 4) is 0 Å². The van der Waals surface area contributed by atoms with Crippen molar-refractivity contribution in [2.24, 2.45) is 0 Å². The molecule has 0 unspecified atom stereocenters. The lowest BCUT2D eigenvalue weighted by molar-refractivity contribution is -0.143. The lowest BCUT2D eigenvalue weighted by atomic mass is 9.81. The highest BCUT2D eigenvalue weighted by Crippen LogP contribution is 2.43. The van der Waals surface area contributed by atoms with Crippen LogP contribution >= 0.6 is 0 Å². The Morgan fingerprint density at radius 3 is 2.35 bits per heavy atom. The van der Waals surface area contributed by atoms with Crippen LogP contribution in [0.3, 0.4) is 0 Å². The molecule has 0 bridgehead atoms. The standard InChI is InChI=1S/C28H22F5NO3/c1-17-26(27(36)37-16-18-7-3-2-4-8-18)22(21-9-5-6-10-23(21)28(31,32)33)14-25(35)34(17)15-19-11-12-20(29)13-24(19)30/h2-13,22H,14-16H2,1H3/t22-/m1/s1. The van der Waals surface area contributed by atoms with Crippen molar-refractivity contribution in [2.75, 3.05) is 0 Å². The fourth-order valence-corrected chi connectivity index (χ4v) is 4.41. The number of ether oxygens (including phenoxy) is 1. The summed E-state index contributed by atoms with van der Waals surface area (Å²) < 4.78 is 74.7. The van der Waals surface area contributed by atoms with E-state index in [2.05, 4.69) is 0 Å². The Kier molecular flexibility index (Phi) is 7.42. The van der Waals surface area contributed by atoms with Gasteiger partial charge in [0, 0.05) is 29.7 Å². The van der Waals surface area contributed by atoms with E-state index in [1.165, 1.54) is 31.2 Å². The van der Waals surface area contributed by atoms with Crippen LogP contribution in [0.15, 0.2) is 84.1 Å². The molecule has 0 saturated heterocycles. The maximum absolute atomic E-state index is 14.3. The predicted molar refractivity (Wildman–Crippen MR) is 125 cm³/mol. The van der Waals surface area contributed by atoms with Gasteiger partial charge < -0.3 is 9.64 Å². The molecular formula is C28H22F5NO3. The lowest BCUT2D eigenvalue weighted by Gasteiger charge is -2.35. The SMILES string of the molecule is CC1=C(C(=O)OCc2ccccc2)[C@@H](c2ccccc2C(F)(F)F)CC(=O)N1Cc1ccc(F)cc1F. The Morgan fingerprint density at radius 1 is 1.00 bits per heavy atom. The van der Waals surface area contributed by atoms with Crippen LogP contribution in [-0.4, -0.2) is 16.8 Å². The Balaban J connectivity index is 1.77. The zero-order valence-electron chi connectivity index (χ0n) is 19.7. The largest absolute Gasteiger partial charge is 0.457 e. The number of esters is 1. The van der Waals surface area contributed by atoms with Crippen LogP contribution in [0.1, 0.15) is 41.5 Å². The third-order valence-corrected chi connectivity index (χ3v) is 6.24. The molecule has 0 fully saturated rings. The second kappa shape index (κ2) is 10.5. The fraction of sp³-hybridized carbons (Fsp3) is 0.214. The van der Waals surface area contributed by atoms with Gasteiger partial charge in [0.15, 0.2) is 0 Å². The van der Waals surface area contributed by atoms with Crippen molar-refractivity contribution in [3.63, 3.8) is 0 Å². The van der Waals surface area contributed by atoms with E-state index in [0.29, 0.717) is 11.6 Å². The first-order chi connectivity index (χ1) is 17.6. The van der Waals surface area contributed by atoms with Crippen LogP contribution in [-0.2, 0) is 33.7 Å². The van der Waals surface area contributed by atoms with Gasteiger partial charge in [-0.25, -0.2) is 13.6 Å². The number of hydrogen-bond acceptors (Lipinski definition) is 3. The van der Waals surface area contributed by atoms with E-state index < -0.39 is 47.6 Å². The summed E-state index contributed by atoms with van der Waals surface area (Å²) in [6, 6.07) is 16.3. The molecule has 0 spiro atoms. The predicted octanol–water partition coefficient (Wildman–Crippen LogP) is 6.52. The van der Waals surface area contributed by atoms with E-state index in [1.54, 1.807) is 30.3 Å². The number of carbonyl (C=O) groups excluding carboxylic acids is 2. The number of alkyl halides is 3. The van der Waals surface area contributed by atoms with Gasteiger partial charge in [-0.3, -0.25) is 4.79 Å². The smallest absolute Gasteiger partial charge is 0.416 e. The average molecular weight is 515 g/mol. The van der Waals surface area contributed by atoms with Gasteiger partial charge >= 0.3 is 12.1 Å². The number of carbonyl (C=O) groups is 2. The van der Waals surface area contributed by atoms with Crippen LogP contribution in [0.4, 0.5) is 22.0 Å². The van der Waals surface area contributed by atoms with E-state index in [-0.39, 0.29) is 35.5 Å². The summed E-state index contributed by atoms with van der Waals surface area (Å²) >= 11 is 0. The van der Waals surface area contributed by atoms with E-state index >= 15 is 0 Å². The first kappa shape index (κ1) is 26.1. The van der Waals surface area contributed by atoms with Crippen molar-refractivity contribution in [1.82, 2.24) is 4.90 Å². The topological polar surface area (TPSA) is 46.6 Å². The molecule has 3 aromatic carbocycles. The molecule has 0 saturated carbocycles. The van der Waals surface area contributed by atoms with Crippen LogP contribution < -0.4 is 0 Å². The number of allylic oxidation sites excluding steroid dienone is 1. The number of halogens is 5. The second-order valence-corrected chi connectivity index (χ2v) is 8.62. The number of benzene rings is 3. The highest BCUT2D eigenvalue weighted by molar-refractivity contribution is 5.96. The molecule has 1 aliphatic rings. The molecule has 1 atom stereocenters. The molecule has 1 aliphatic heterocycles. The van der Waals surface area contributed by atoms with Gasteiger partial charge in [0.25, 0.3) is 0 Å². The number of amides is 1. The monoisotopic (exact) mass is 515 g/mol. The highest BCUT2D eigenvalue weighted by Gasteiger charge is 2.42. The van der Waals surface area contributed by atoms with Gasteiger partial charge in [0.05, 0.1) is 17.7 Å². The van der Waals surface area contributed by atoms with Gasteiger partial charge in [-0.15, -0.1) is 0 Å². The maximum Gasteiger partial charge on any atom is 0.416 e. The zero-order valence-corrected chi connectivity index (χ0v) is 19.7. The molecular weight excluding hydrogens is 493 g/mol. The first-order valence-electron chi connectivity index (χ1n) is 11.4. The molecule has 4 nitrogen and oxygen atoms in total. The molecule has 9 heteroatoms. The molecule has 0 N–H and O–H groups in total. The van der Waals surface area contributed by atoms with Crippen molar-refractivity contribution in [2.45, 2.75) is 38.6 Å². The minimum Gasteiger partial charge on any atom is -0.457 e. The van der Waals surface area contributed by atoms with Crippen LogP contribution in [0.5, 0.6) is 0 Å². The number of nitrogens with zero attached hydrogens (tertiary/aromatic N) is 1. The van der Waals surface area contributed by atoms with E-state index in [4.69, 9.17) is 4.74 Å². The molecule has 0 radical (unpaired) electrons. The van der Waals surface area contributed by atoms with E-state index in [1.807, 2.05) is 0 Å². The molecule has 1 amide bonds. The molecule has 37 heavy (non-hydrogen) atoms. The summed E-state index contributed by atoms with van der Waals surface area (Å²) in [6.07, 6.45) is -5.19. The van der Waals surface area contributed by atoms with Gasteiger partial charge in [-0.05, 0) is 30.2 Å². The first-order valence-corrected chi connectivity index (χ1v) is 11.4. The summed E-state index contributed by atoms with van der Waals surface area (Å²) in [4.78, 5) is 27.6. The highest BCUT2D eigenvalue weighted by atomic mass is 19.4. The van der Waals surface area contributed by atoms with Gasteiger partial charge in [0.2, 0.25) is 5.91 Å². The molecule has 0 aromatic heterocycles. The van der Waals surface area contributed by atoms with Crippen molar-refractivity contribution in [1.29, 1.82) is 0 Å². The van der Waals surface area contributed by atoms with Crippen molar-refractivity contribution >= 4 is 11.9 Å². The fourth-order valence-electron chi connectivity index (χ4n) is 4.41. The lowest BCUT2D eigenvalue weighted by Crippen LogP contribution is -2.38. The molecule has 3 aromatic rings. The molecule has 1 heterocycles. The zero-order chi connectivity index (χ0) is 26.7. The third-order valence-electron chi connectivity index (χ3n) is 6.24. The van der Waals surface area contributed by atoms with Gasteiger partial charge in [-0.1, -0.05) is 54.6 Å². The molecule has 192 valence electrons. The van der Waals surface area contributed by atoms with Gasteiger partial charge in [0.1, 0.15) is 18.2 Å². The van der Waals surface area contributed by atoms with E-state index in [9.17, 15) is 31.5 Å². The van der Waals surface area contributed by atoms with Crippen LogP contribution in [0.2, 0.25) is 0 Å². The van der Waals surface area contributed by atoms with Crippen molar-refractivity contribution in [3.05, 3.63) is 118 Å². The van der Waals surface area contributed by atoms with Gasteiger partial charge in [-0.2, -0.15) is 13.2 Å². The Bertz CT molecular complexity index is 1350. The summed E-state index contributed by atoms with van der Waals surface area (Å²) in [5.74, 6) is -4.42. The molecule has 0 aliphatic carbocycles. The maximum atomic E-state index is 14.3. The minimum atomic E-state index is -4.72.